The van der Waals surface area contributed by atoms with E-state index in [-0.39, 0.29) is 11.6 Å². The summed E-state index contributed by atoms with van der Waals surface area (Å²) in [6.07, 6.45) is 1.45. The van der Waals surface area contributed by atoms with Crippen LogP contribution in [-0.4, -0.2) is 17.0 Å². The number of nitrogens with zero attached hydrogens (tertiary/aromatic N) is 2. The van der Waals surface area contributed by atoms with Gasteiger partial charge in [-0.3, -0.25) is 20.3 Å². The smallest absolute Gasteiger partial charge is 0.272 e. The molecule has 7 heteroatoms. The zero-order chi connectivity index (χ0) is 15.9. The Balaban J connectivity index is 2.20. The van der Waals surface area contributed by atoms with E-state index in [0.29, 0.717) is 11.3 Å². The predicted molar refractivity (Wildman–Crippen MR) is 85.1 cm³/mol. The molecular weight excluding hydrogens is 284 g/mol. The summed E-state index contributed by atoms with van der Waals surface area (Å²) in [7, 11) is 0. The second-order valence-electron chi connectivity index (χ2n) is 4.49. The lowest BCUT2D eigenvalue weighted by Crippen LogP contribution is -2.06. The van der Waals surface area contributed by atoms with E-state index in [1.165, 1.54) is 25.3 Å². The van der Waals surface area contributed by atoms with Gasteiger partial charge in [-0.15, -0.1) is 0 Å². The van der Waals surface area contributed by atoms with Crippen LogP contribution in [0.1, 0.15) is 12.5 Å². The van der Waals surface area contributed by atoms with E-state index in [9.17, 15) is 14.9 Å². The van der Waals surface area contributed by atoms with Gasteiger partial charge in [0.05, 0.1) is 16.8 Å². The molecule has 0 unspecified atom stereocenters. The number of nitro groups is 1. The quantitative estimate of drug-likeness (QED) is 0.503. The van der Waals surface area contributed by atoms with Gasteiger partial charge in [-0.25, -0.2) is 0 Å². The SMILES string of the molecule is CC(=O)Nc1cc(/C=N\Nc2ccccc2)cc([N+](=O)[O-])c1. The number of nitrogens with one attached hydrogen (secondary N) is 2. The summed E-state index contributed by atoms with van der Waals surface area (Å²) in [6, 6.07) is 13.6. The number of hydrogen-bond acceptors (Lipinski definition) is 5. The van der Waals surface area contributed by atoms with Crippen molar-refractivity contribution < 1.29 is 9.72 Å². The molecule has 0 aliphatic carbocycles. The van der Waals surface area contributed by atoms with E-state index in [4.69, 9.17) is 0 Å². The number of benzene rings is 2. The summed E-state index contributed by atoms with van der Waals surface area (Å²) < 4.78 is 0. The van der Waals surface area contributed by atoms with E-state index in [0.717, 1.165) is 5.69 Å². The Morgan fingerprint density at radius 2 is 1.91 bits per heavy atom. The molecule has 0 aliphatic heterocycles. The number of anilines is 2. The van der Waals surface area contributed by atoms with Crippen LogP contribution in [0.15, 0.2) is 53.6 Å². The number of rotatable bonds is 5. The molecule has 0 atom stereocenters. The van der Waals surface area contributed by atoms with E-state index in [2.05, 4.69) is 15.8 Å². The lowest BCUT2D eigenvalue weighted by molar-refractivity contribution is -0.384. The van der Waals surface area contributed by atoms with Crippen LogP contribution in [-0.2, 0) is 4.79 Å². The fourth-order valence-electron chi connectivity index (χ4n) is 1.78. The van der Waals surface area contributed by atoms with Crippen LogP contribution in [0, 0.1) is 10.1 Å². The first kappa shape index (κ1) is 15.2. The van der Waals surface area contributed by atoms with Gasteiger partial charge < -0.3 is 5.32 Å². The molecule has 2 N–H and O–H groups in total. The van der Waals surface area contributed by atoms with Crippen molar-refractivity contribution in [3.8, 4) is 0 Å². The van der Waals surface area contributed by atoms with Crippen LogP contribution in [0.25, 0.3) is 0 Å². The number of non-ortho nitro benzene ring substituents is 1. The first-order valence-corrected chi connectivity index (χ1v) is 6.46. The van der Waals surface area contributed by atoms with E-state index in [1.54, 1.807) is 6.07 Å². The lowest BCUT2D eigenvalue weighted by Gasteiger charge is -2.04. The molecule has 0 fully saturated rings. The zero-order valence-corrected chi connectivity index (χ0v) is 11.8. The number of para-hydroxylation sites is 1. The van der Waals surface area contributed by atoms with Crippen LogP contribution in [0.2, 0.25) is 0 Å². The van der Waals surface area contributed by atoms with Gasteiger partial charge in [0, 0.05) is 30.3 Å². The van der Waals surface area contributed by atoms with Crippen molar-refractivity contribution in [2.75, 3.05) is 10.7 Å². The summed E-state index contributed by atoms with van der Waals surface area (Å²) >= 11 is 0. The topological polar surface area (TPSA) is 96.6 Å². The number of hydrogen-bond donors (Lipinski definition) is 2. The summed E-state index contributed by atoms with van der Waals surface area (Å²) in [6.45, 7) is 1.34. The molecule has 0 radical (unpaired) electrons. The minimum Gasteiger partial charge on any atom is -0.326 e. The molecule has 1 amide bonds. The van der Waals surface area contributed by atoms with Crippen molar-refractivity contribution in [1.82, 2.24) is 0 Å². The zero-order valence-electron chi connectivity index (χ0n) is 11.8. The second kappa shape index (κ2) is 6.98. The van der Waals surface area contributed by atoms with Crippen LogP contribution in [0.5, 0.6) is 0 Å². The Morgan fingerprint density at radius 3 is 2.55 bits per heavy atom. The highest BCUT2D eigenvalue weighted by Gasteiger charge is 2.09. The van der Waals surface area contributed by atoms with Crippen molar-refractivity contribution >= 4 is 29.2 Å². The Kier molecular flexibility index (Phi) is 4.81. The maximum absolute atomic E-state index is 11.1. The summed E-state index contributed by atoms with van der Waals surface area (Å²) in [5.41, 5.74) is 4.34. The molecule has 2 aromatic rings. The molecule has 2 rings (SSSR count). The molecule has 0 heterocycles. The molecular formula is C15H14N4O3. The highest BCUT2D eigenvalue weighted by atomic mass is 16.6. The Hall–Kier alpha value is -3.22. The molecule has 0 bridgehead atoms. The van der Waals surface area contributed by atoms with Gasteiger partial charge in [0.1, 0.15) is 0 Å². The van der Waals surface area contributed by atoms with Gasteiger partial charge in [0.25, 0.3) is 5.69 Å². The van der Waals surface area contributed by atoms with Gasteiger partial charge >= 0.3 is 0 Å². The van der Waals surface area contributed by atoms with Crippen molar-refractivity contribution in [1.29, 1.82) is 0 Å². The predicted octanol–water partition coefficient (Wildman–Crippen LogP) is 3.00. The second-order valence-corrected chi connectivity index (χ2v) is 4.49. The highest BCUT2D eigenvalue weighted by molar-refractivity contribution is 5.91. The molecule has 0 aromatic heterocycles. The fourth-order valence-corrected chi connectivity index (χ4v) is 1.78. The molecule has 22 heavy (non-hydrogen) atoms. The molecule has 0 spiro atoms. The summed E-state index contributed by atoms with van der Waals surface area (Å²) in [5, 5.41) is 17.5. The van der Waals surface area contributed by atoms with Gasteiger partial charge in [0.2, 0.25) is 5.91 Å². The summed E-state index contributed by atoms with van der Waals surface area (Å²) in [4.78, 5) is 21.5. The van der Waals surface area contributed by atoms with Crippen LogP contribution in [0.4, 0.5) is 17.1 Å². The van der Waals surface area contributed by atoms with E-state index < -0.39 is 4.92 Å². The first-order chi connectivity index (χ1) is 10.5. The standard InChI is InChI=1S/C15H14N4O3/c1-11(20)17-14-7-12(8-15(9-14)19(21)22)10-16-18-13-5-3-2-4-6-13/h2-10,18H,1H3,(H,17,20)/b16-10-. The lowest BCUT2D eigenvalue weighted by atomic mass is 10.2. The molecule has 2 aromatic carbocycles. The van der Waals surface area contributed by atoms with Crippen LogP contribution in [0.3, 0.4) is 0 Å². The largest absolute Gasteiger partial charge is 0.326 e. The third kappa shape index (κ3) is 4.41. The highest BCUT2D eigenvalue weighted by Crippen LogP contribution is 2.20. The monoisotopic (exact) mass is 298 g/mol. The van der Waals surface area contributed by atoms with E-state index >= 15 is 0 Å². The number of nitro benzene ring substituents is 1. The number of carbonyl (C=O) groups excluding carboxylic acids is 1. The van der Waals surface area contributed by atoms with Crippen LogP contribution >= 0.6 is 0 Å². The Morgan fingerprint density at radius 1 is 1.18 bits per heavy atom. The average Bonchev–Trinajstić information content (AvgIpc) is 2.47. The summed E-state index contributed by atoms with van der Waals surface area (Å²) in [5.74, 6) is -0.300. The number of carbonyl (C=O) groups is 1. The Bertz CT molecular complexity index is 714. The van der Waals surface area contributed by atoms with Crippen molar-refractivity contribution in [2.45, 2.75) is 6.92 Å². The third-order valence-corrected chi connectivity index (χ3v) is 2.65. The van der Waals surface area contributed by atoms with Crippen molar-refractivity contribution in [3.05, 3.63) is 64.2 Å². The fraction of sp³-hybridized carbons (Fsp3) is 0.0667. The number of amides is 1. The molecule has 0 aliphatic rings. The van der Waals surface area contributed by atoms with Gasteiger partial charge in [0.15, 0.2) is 0 Å². The normalized spacial score (nSPS) is 10.4. The maximum atomic E-state index is 11.1. The molecule has 0 saturated carbocycles. The maximum Gasteiger partial charge on any atom is 0.272 e. The molecule has 0 saturated heterocycles. The van der Waals surface area contributed by atoms with Gasteiger partial charge in [-0.2, -0.15) is 5.10 Å². The number of hydrazone groups is 1. The van der Waals surface area contributed by atoms with Gasteiger partial charge in [-0.1, -0.05) is 18.2 Å². The van der Waals surface area contributed by atoms with Crippen molar-refractivity contribution in [2.24, 2.45) is 5.10 Å². The van der Waals surface area contributed by atoms with Gasteiger partial charge in [-0.05, 0) is 18.2 Å². The molecule has 7 nitrogen and oxygen atoms in total. The van der Waals surface area contributed by atoms with Crippen molar-refractivity contribution in [3.63, 3.8) is 0 Å². The Labute approximate surface area is 126 Å². The minimum atomic E-state index is -0.521. The van der Waals surface area contributed by atoms with E-state index in [1.807, 2.05) is 30.3 Å². The average molecular weight is 298 g/mol. The molecule has 112 valence electrons. The first-order valence-electron chi connectivity index (χ1n) is 6.46. The third-order valence-electron chi connectivity index (χ3n) is 2.65. The van der Waals surface area contributed by atoms with Crippen LogP contribution < -0.4 is 10.7 Å². The minimum absolute atomic E-state index is 0.118.